The fourth-order valence-corrected chi connectivity index (χ4v) is 5.69. The summed E-state index contributed by atoms with van der Waals surface area (Å²) in [6, 6.07) is 8.40. The highest BCUT2D eigenvalue weighted by Gasteiger charge is 2.35. The van der Waals surface area contributed by atoms with Crippen LogP contribution in [0.5, 0.6) is 5.75 Å². The summed E-state index contributed by atoms with van der Waals surface area (Å²) in [5.41, 5.74) is 1.15. The number of aryl methyl sites for hydroxylation is 1. The number of fused-ring (bicyclic) bond motifs is 1. The Bertz CT molecular complexity index is 911. The first-order valence-corrected chi connectivity index (χ1v) is 12.3. The highest BCUT2D eigenvalue weighted by molar-refractivity contribution is 7.99. The van der Waals surface area contributed by atoms with E-state index in [1.54, 1.807) is 0 Å². The molecule has 2 aliphatic rings. The molecule has 2 fully saturated rings. The van der Waals surface area contributed by atoms with Crippen molar-refractivity contribution < 1.29 is 9.53 Å². The molecule has 1 saturated carbocycles. The maximum absolute atomic E-state index is 13.0. The van der Waals surface area contributed by atoms with E-state index in [1.807, 2.05) is 41.8 Å². The average Bonchev–Trinajstić information content (AvgIpc) is 3.17. The number of aromatic nitrogens is 3. The van der Waals surface area contributed by atoms with Crippen molar-refractivity contribution in [1.29, 1.82) is 0 Å². The van der Waals surface area contributed by atoms with Crippen molar-refractivity contribution in [3.63, 3.8) is 0 Å². The highest BCUT2D eigenvalue weighted by atomic mass is 32.2. The van der Waals surface area contributed by atoms with Crippen LogP contribution in [0, 0.1) is 12.8 Å². The Hall–Kier alpha value is -2.28. The van der Waals surface area contributed by atoms with Gasteiger partial charge in [-0.25, -0.2) is 0 Å². The molecule has 4 rings (SSSR count). The van der Waals surface area contributed by atoms with Gasteiger partial charge in [0.25, 0.3) is 0 Å². The van der Waals surface area contributed by atoms with Crippen LogP contribution in [0.3, 0.4) is 0 Å². The van der Waals surface area contributed by atoms with Crippen molar-refractivity contribution in [2.75, 3.05) is 12.3 Å². The van der Waals surface area contributed by atoms with Crippen molar-refractivity contribution in [2.45, 2.75) is 69.8 Å². The van der Waals surface area contributed by atoms with Gasteiger partial charge in [0.15, 0.2) is 11.0 Å². The molecule has 1 aromatic carbocycles. The monoisotopic (exact) mass is 440 g/mol. The quantitative estimate of drug-likeness (QED) is 0.443. The molecule has 2 unspecified atom stereocenters. The van der Waals surface area contributed by atoms with Gasteiger partial charge < -0.3 is 9.64 Å². The SMILES string of the molecule is C=CCn1c(COc2cccc(C)c2)nnc1SCC(=O)N1CCCC2CCCCC21. The smallest absolute Gasteiger partial charge is 0.233 e. The van der Waals surface area contributed by atoms with Gasteiger partial charge in [-0.05, 0) is 56.2 Å². The molecular formula is C24H32N4O2S. The molecule has 0 bridgehead atoms. The van der Waals surface area contributed by atoms with E-state index in [-0.39, 0.29) is 5.91 Å². The van der Waals surface area contributed by atoms with Crippen molar-refractivity contribution in [2.24, 2.45) is 5.92 Å². The highest BCUT2D eigenvalue weighted by Crippen LogP contribution is 2.35. The minimum atomic E-state index is 0.229. The summed E-state index contributed by atoms with van der Waals surface area (Å²) in [5.74, 6) is 2.88. The van der Waals surface area contributed by atoms with Gasteiger partial charge in [-0.3, -0.25) is 9.36 Å². The maximum Gasteiger partial charge on any atom is 0.233 e. The van der Waals surface area contributed by atoms with Gasteiger partial charge in [-0.1, -0.05) is 42.8 Å². The number of allylic oxidation sites excluding steroid dienone is 1. The third-order valence-electron chi connectivity index (χ3n) is 6.35. The summed E-state index contributed by atoms with van der Waals surface area (Å²) in [5, 5.41) is 9.41. The first-order valence-electron chi connectivity index (χ1n) is 11.3. The van der Waals surface area contributed by atoms with Gasteiger partial charge in [0.05, 0.1) is 5.75 Å². The number of carbonyl (C=O) groups is 1. The minimum Gasteiger partial charge on any atom is -0.486 e. The zero-order chi connectivity index (χ0) is 21.6. The number of amides is 1. The Labute approximate surface area is 189 Å². The summed E-state index contributed by atoms with van der Waals surface area (Å²) in [4.78, 5) is 15.2. The second-order valence-corrected chi connectivity index (χ2v) is 9.48. The molecular weight excluding hydrogens is 408 g/mol. The van der Waals surface area contributed by atoms with E-state index < -0.39 is 0 Å². The molecule has 1 aliphatic carbocycles. The van der Waals surface area contributed by atoms with Gasteiger partial charge in [-0.15, -0.1) is 16.8 Å². The molecule has 6 nitrogen and oxygen atoms in total. The van der Waals surface area contributed by atoms with E-state index in [1.165, 1.54) is 37.4 Å². The molecule has 2 atom stereocenters. The zero-order valence-corrected chi connectivity index (χ0v) is 19.1. The van der Waals surface area contributed by atoms with Crippen LogP contribution in [0.15, 0.2) is 42.1 Å². The molecule has 7 heteroatoms. The van der Waals surface area contributed by atoms with Crippen molar-refractivity contribution >= 4 is 17.7 Å². The molecule has 2 heterocycles. The Kier molecular flexibility index (Phi) is 7.33. The standard InChI is InChI=1S/C24H32N4O2S/c1-3-13-28-22(16-30-20-11-6-8-18(2)15-20)25-26-24(28)31-17-23(29)27-14-7-10-19-9-4-5-12-21(19)27/h3,6,8,11,15,19,21H,1,4-5,7,9-10,12-14,16-17H2,2H3. The predicted molar refractivity (Wildman–Crippen MR) is 123 cm³/mol. The van der Waals surface area contributed by atoms with Crippen LogP contribution >= 0.6 is 11.8 Å². The number of nitrogens with zero attached hydrogens (tertiary/aromatic N) is 4. The number of carbonyl (C=O) groups excluding carboxylic acids is 1. The predicted octanol–water partition coefficient (Wildman–Crippen LogP) is 4.62. The van der Waals surface area contributed by atoms with Crippen LogP contribution < -0.4 is 4.74 Å². The number of piperidine rings is 1. The molecule has 1 aliphatic heterocycles. The fraction of sp³-hybridized carbons (Fsp3) is 0.542. The van der Waals surface area contributed by atoms with Gasteiger partial charge >= 0.3 is 0 Å². The fourth-order valence-electron chi connectivity index (χ4n) is 4.84. The van der Waals surface area contributed by atoms with E-state index in [0.29, 0.717) is 30.9 Å². The molecule has 166 valence electrons. The van der Waals surface area contributed by atoms with E-state index in [0.717, 1.165) is 41.7 Å². The van der Waals surface area contributed by atoms with E-state index in [4.69, 9.17) is 4.74 Å². The summed E-state index contributed by atoms with van der Waals surface area (Å²) >= 11 is 1.47. The first-order chi connectivity index (χ1) is 15.2. The topological polar surface area (TPSA) is 60.2 Å². The van der Waals surface area contributed by atoms with Crippen LogP contribution in [0.1, 0.15) is 49.9 Å². The largest absolute Gasteiger partial charge is 0.486 e. The van der Waals surface area contributed by atoms with Gasteiger partial charge in [0.2, 0.25) is 5.91 Å². The Balaban J connectivity index is 1.38. The lowest BCUT2D eigenvalue weighted by molar-refractivity contribution is -0.134. The lowest BCUT2D eigenvalue weighted by Gasteiger charge is -2.44. The van der Waals surface area contributed by atoms with Crippen molar-refractivity contribution in [1.82, 2.24) is 19.7 Å². The summed E-state index contributed by atoms with van der Waals surface area (Å²) in [6.45, 7) is 7.71. The number of likely N-dealkylation sites (tertiary alicyclic amines) is 1. The summed E-state index contributed by atoms with van der Waals surface area (Å²) in [7, 11) is 0. The molecule has 0 radical (unpaired) electrons. The Morgan fingerprint density at radius 3 is 2.94 bits per heavy atom. The molecule has 1 aromatic heterocycles. The lowest BCUT2D eigenvalue weighted by atomic mass is 9.78. The Morgan fingerprint density at radius 2 is 2.10 bits per heavy atom. The number of thioether (sulfide) groups is 1. The van der Waals surface area contributed by atoms with Crippen LogP contribution in [-0.2, 0) is 17.9 Å². The van der Waals surface area contributed by atoms with Crippen molar-refractivity contribution in [3.05, 3.63) is 48.3 Å². The minimum absolute atomic E-state index is 0.229. The van der Waals surface area contributed by atoms with Gasteiger partial charge in [0, 0.05) is 19.1 Å². The normalized spacial score (nSPS) is 20.9. The third-order valence-corrected chi connectivity index (χ3v) is 7.30. The zero-order valence-electron chi connectivity index (χ0n) is 18.3. The molecule has 1 saturated heterocycles. The van der Waals surface area contributed by atoms with Crippen LogP contribution in [-0.4, -0.2) is 43.9 Å². The van der Waals surface area contributed by atoms with Crippen LogP contribution in [0.2, 0.25) is 0 Å². The molecule has 31 heavy (non-hydrogen) atoms. The molecule has 1 amide bonds. The number of rotatable bonds is 8. The number of ether oxygens (including phenoxy) is 1. The van der Waals surface area contributed by atoms with E-state index >= 15 is 0 Å². The van der Waals surface area contributed by atoms with E-state index in [9.17, 15) is 4.79 Å². The average molecular weight is 441 g/mol. The first kappa shape index (κ1) is 21.9. The van der Waals surface area contributed by atoms with Crippen LogP contribution in [0.25, 0.3) is 0 Å². The van der Waals surface area contributed by atoms with Gasteiger partial charge in [0.1, 0.15) is 12.4 Å². The van der Waals surface area contributed by atoms with Crippen LogP contribution in [0.4, 0.5) is 0 Å². The number of hydrogen-bond acceptors (Lipinski definition) is 5. The third kappa shape index (κ3) is 5.32. The lowest BCUT2D eigenvalue weighted by Crippen LogP contribution is -2.50. The van der Waals surface area contributed by atoms with Crippen molar-refractivity contribution in [3.8, 4) is 5.75 Å². The second kappa shape index (κ2) is 10.4. The molecule has 0 spiro atoms. The number of hydrogen-bond donors (Lipinski definition) is 0. The van der Waals surface area contributed by atoms with Gasteiger partial charge in [-0.2, -0.15) is 0 Å². The van der Waals surface area contributed by atoms with E-state index in [2.05, 4.69) is 21.7 Å². The Morgan fingerprint density at radius 1 is 1.26 bits per heavy atom. The molecule has 0 N–H and O–H groups in total. The maximum atomic E-state index is 13.0. The summed E-state index contributed by atoms with van der Waals surface area (Å²) < 4.78 is 7.90. The second-order valence-electron chi connectivity index (χ2n) is 8.53. The summed E-state index contributed by atoms with van der Waals surface area (Å²) in [6.07, 6.45) is 9.23. The number of benzene rings is 1. The molecule has 2 aromatic rings.